The monoisotopic (exact) mass is 397 g/mol. The van der Waals surface area contributed by atoms with Gasteiger partial charge in [0.15, 0.2) is 17.5 Å². The number of amides is 1. The van der Waals surface area contributed by atoms with Crippen molar-refractivity contribution >= 4 is 12.1 Å². The number of carbonyl (C=O) groups is 2. The van der Waals surface area contributed by atoms with Crippen molar-refractivity contribution in [2.24, 2.45) is 0 Å². The van der Waals surface area contributed by atoms with E-state index in [-0.39, 0.29) is 12.6 Å². The van der Waals surface area contributed by atoms with Gasteiger partial charge in [0.25, 0.3) is 0 Å². The molecule has 7 heteroatoms. The molecule has 1 saturated carbocycles. The number of nitrogens with zero attached hydrogens (tertiary/aromatic N) is 1. The third-order valence-corrected chi connectivity index (χ3v) is 4.96. The number of ether oxygens (including phenoxy) is 3. The van der Waals surface area contributed by atoms with Crippen molar-refractivity contribution in [1.82, 2.24) is 4.90 Å². The molecule has 1 atom stereocenters. The van der Waals surface area contributed by atoms with Gasteiger partial charge in [0, 0.05) is 12.5 Å². The average Bonchev–Trinajstić information content (AvgIpc) is 3.57. The van der Waals surface area contributed by atoms with Crippen LogP contribution in [0.25, 0.3) is 0 Å². The van der Waals surface area contributed by atoms with Gasteiger partial charge >= 0.3 is 12.1 Å². The standard InChI is InChI=1S/C22H23NO6/c24-21(25)20(16-7-10-18-19(13-16)28-12-4-11-27-18)23(17-8-9-17)22(26)29-14-15-5-2-1-3-6-15/h1-3,5-7,10,13,17,20H,4,8-9,11-12,14H2,(H,24,25). The van der Waals surface area contributed by atoms with E-state index in [0.29, 0.717) is 30.3 Å². The van der Waals surface area contributed by atoms with Gasteiger partial charge in [-0.1, -0.05) is 36.4 Å². The van der Waals surface area contributed by atoms with Crippen LogP contribution in [0.2, 0.25) is 0 Å². The molecule has 152 valence electrons. The van der Waals surface area contributed by atoms with Gasteiger partial charge < -0.3 is 19.3 Å². The quantitative estimate of drug-likeness (QED) is 0.799. The zero-order valence-electron chi connectivity index (χ0n) is 16.0. The van der Waals surface area contributed by atoms with Gasteiger partial charge in [-0.3, -0.25) is 4.90 Å². The van der Waals surface area contributed by atoms with Gasteiger partial charge in [0.05, 0.1) is 13.2 Å². The van der Waals surface area contributed by atoms with Crippen molar-refractivity contribution in [2.75, 3.05) is 13.2 Å². The van der Waals surface area contributed by atoms with Crippen LogP contribution in [0.3, 0.4) is 0 Å². The molecule has 1 fully saturated rings. The van der Waals surface area contributed by atoms with Crippen molar-refractivity contribution in [2.45, 2.75) is 38.0 Å². The minimum atomic E-state index is -1.15. The van der Waals surface area contributed by atoms with Crippen LogP contribution >= 0.6 is 0 Å². The summed E-state index contributed by atoms with van der Waals surface area (Å²) in [6.45, 7) is 1.14. The summed E-state index contributed by atoms with van der Waals surface area (Å²) in [5.74, 6) is -0.0253. The minimum absolute atomic E-state index is 0.0936. The molecule has 1 heterocycles. The van der Waals surface area contributed by atoms with Crippen LogP contribution in [-0.4, -0.2) is 41.3 Å². The fourth-order valence-corrected chi connectivity index (χ4v) is 3.38. The molecule has 0 aromatic heterocycles. The number of carboxylic acid groups (broad SMARTS) is 1. The van der Waals surface area contributed by atoms with Crippen molar-refractivity contribution in [3.8, 4) is 11.5 Å². The second kappa shape index (κ2) is 8.43. The molecular weight excluding hydrogens is 374 g/mol. The first kappa shape index (κ1) is 19.1. The molecule has 4 rings (SSSR count). The highest BCUT2D eigenvalue weighted by molar-refractivity contribution is 5.82. The zero-order chi connectivity index (χ0) is 20.2. The molecule has 1 amide bonds. The summed E-state index contributed by atoms with van der Waals surface area (Å²) < 4.78 is 16.8. The van der Waals surface area contributed by atoms with E-state index in [2.05, 4.69) is 0 Å². The fraction of sp³-hybridized carbons (Fsp3) is 0.364. The predicted octanol–water partition coefficient (Wildman–Crippen LogP) is 3.77. The van der Waals surface area contributed by atoms with Gasteiger partial charge in [-0.2, -0.15) is 0 Å². The molecule has 1 aliphatic heterocycles. The van der Waals surface area contributed by atoms with Crippen LogP contribution in [0.5, 0.6) is 11.5 Å². The number of rotatable bonds is 6. The maximum atomic E-state index is 12.8. The lowest BCUT2D eigenvalue weighted by Crippen LogP contribution is -2.41. The first-order chi connectivity index (χ1) is 14.1. The van der Waals surface area contributed by atoms with E-state index in [9.17, 15) is 14.7 Å². The Morgan fingerprint density at radius 3 is 2.48 bits per heavy atom. The number of fused-ring (bicyclic) bond motifs is 1. The van der Waals surface area contributed by atoms with Crippen molar-refractivity contribution in [1.29, 1.82) is 0 Å². The molecule has 2 aromatic carbocycles. The Bertz CT molecular complexity index is 880. The Labute approximate surface area is 168 Å². The largest absolute Gasteiger partial charge is 0.490 e. The Hall–Kier alpha value is -3.22. The van der Waals surface area contributed by atoms with Crippen LogP contribution in [-0.2, 0) is 16.1 Å². The first-order valence-corrected chi connectivity index (χ1v) is 9.75. The molecule has 0 saturated heterocycles. The lowest BCUT2D eigenvalue weighted by atomic mass is 10.0. The van der Waals surface area contributed by atoms with E-state index in [1.807, 2.05) is 30.3 Å². The molecule has 1 N–H and O–H groups in total. The highest BCUT2D eigenvalue weighted by Gasteiger charge is 2.42. The summed E-state index contributed by atoms with van der Waals surface area (Å²) in [4.78, 5) is 26.4. The Kier molecular flexibility index (Phi) is 5.55. The maximum absolute atomic E-state index is 12.8. The maximum Gasteiger partial charge on any atom is 0.411 e. The summed E-state index contributed by atoms with van der Waals surface area (Å²) in [7, 11) is 0. The lowest BCUT2D eigenvalue weighted by Gasteiger charge is -2.29. The van der Waals surface area contributed by atoms with Crippen molar-refractivity contribution in [3.63, 3.8) is 0 Å². The number of benzene rings is 2. The highest BCUT2D eigenvalue weighted by Crippen LogP contribution is 2.39. The first-order valence-electron chi connectivity index (χ1n) is 9.75. The predicted molar refractivity (Wildman–Crippen MR) is 104 cm³/mol. The number of carboxylic acids is 1. The van der Waals surface area contributed by atoms with Crippen LogP contribution in [0.15, 0.2) is 48.5 Å². The number of carbonyl (C=O) groups excluding carboxylic acids is 1. The number of aliphatic carboxylic acids is 1. The molecule has 1 aliphatic carbocycles. The smallest absolute Gasteiger partial charge is 0.411 e. The van der Waals surface area contributed by atoms with Gasteiger partial charge in [0.1, 0.15) is 6.61 Å². The number of hydrogen-bond donors (Lipinski definition) is 1. The van der Waals surface area contributed by atoms with Gasteiger partial charge in [-0.15, -0.1) is 0 Å². The summed E-state index contributed by atoms with van der Waals surface area (Å²) in [5.41, 5.74) is 1.31. The molecule has 1 unspecified atom stereocenters. The zero-order valence-corrected chi connectivity index (χ0v) is 16.0. The van der Waals surface area contributed by atoms with Crippen LogP contribution in [0, 0.1) is 0 Å². The van der Waals surface area contributed by atoms with Gasteiger partial charge in [-0.05, 0) is 36.1 Å². The summed E-state index contributed by atoms with van der Waals surface area (Å²) in [5, 5.41) is 9.95. The van der Waals surface area contributed by atoms with Gasteiger partial charge in [0.2, 0.25) is 0 Å². The van der Waals surface area contributed by atoms with Crippen LogP contribution in [0.1, 0.15) is 36.4 Å². The van der Waals surface area contributed by atoms with E-state index >= 15 is 0 Å². The summed E-state index contributed by atoms with van der Waals surface area (Å²) in [6, 6.07) is 13.0. The number of hydrogen-bond acceptors (Lipinski definition) is 5. The molecule has 29 heavy (non-hydrogen) atoms. The summed E-state index contributed by atoms with van der Waals surface area (Å²) >= 11 is 0. The van der Waals surface area contributed by atoms with Crippen LogP contribution < -0.4 is 9.47 Å². The molecular formula is C22H23NO6. The van der Waals surface area contributed by atoms with E-state index in [0.717, 1.165) is 24.8 Å². The minimum Gasteiger partial charge on any atom is -0.490 e. The van der Waals surface area contributed by atoms with Crippen molar-refractivity contribution < 1.29 is 28.9 Å². The molecule has 0 radical (unpaired) electrons. The third kappa shape index (κ3) is 4.45. The molecule has 7 nitrogen and oxygen atoms in total. The second-order valence-electron chi connectivity index (χ2n) is 7.18. The second-order valence-corrected chi connectivity index (χ2v) is 7.18. The van der Waals surface area contributed by atoms with E-state index in [1.165, 1.54) is 4.90 Å². The van der Waals surface area contributed by atoms with E-state index < -0.39 is 18.1 Å². The molecule has 2 aliphatic rings. The topological polar surface area (TPSA) is 85.3 Å². The fourth-order valence-electron chi connectivity index (χ4n) is 3.38. The molecule has 2 aromatic rings. The van der Waals surface area contributed by atoms with Gasteiger partial charge in [-0.25, -0.2) is 9.59 Å². The van der Waals surface area contributed by atoms with Crippen molar-refractivity contribution in [3.05, 3.63) is 59.7 Å². The summed E-state index contributed by atoms with van der Waals surface area (Å²) in [6.07, 6.45) is 1.64. The Morgan fingerprint density at radius 2 is 1.79 bits per heavy atom. The Morgan fingerprint density at radius 1 is 1.07 bits per heavy atom. The molecule has 0 bridgehead atoms. The average molecular weight is 397 g/mol. The van der Waals surface area contributed by atoms with Crippen LogP contribution in [0.4, 0.5) is 4.79 Å². The Balaban J connectivity index is 1.57. The lowest BCUT2D eigenvalue weighted by molar-refractivity contribution is -0.143. The SMILES string of the molecule is O=C(O)C(c1ccc2c(c1)OCCCO2)N(C(=O)OCc1ccccc1)C1CC1. The van der Waals surface area contributed by atoms with E-state index in [4.69, 9.17) is 14.2 Å². The normalized spacial score (nSPS) is 16.4. The van der Waals surface area contributed by atoms with E-state index in [1.54, 1.807) is 18.2 Å². The highest BCUT2D eigenvalue weighted by atomic mass is 16.6. The molecule has 0 spiro atoms. The third-order valence-electron chi connectivity index (χ3n) is 4.96.